The summed E-state index contributed by atoms with van der Waals surface area (Å²) in [6.45, 7) is 6.88. The molecular weight excluding hydrogens is 186 g/mol. The third kappa shape index (κ3) is 2.39. The van der Waals surface area contributed by atoms with Crippen molar-refractivity contribution < 1.29 is 5.11 Å². The van der Waals surface area contributed by atoms with Crippen LogP contribution in [0.25, 0.3) is 0 Å². The second-order valence-electron chi connectivity index (χ2n) is 4.66. The Labute approximate surface area is 92.1 Å². The molecule has 84 valence electrons. The van der Waals surface area contributed by atoms with E-state index in [0.29, 0.717) is 12.5 Å². The highest BCUT2D eigenvalue weighted by Crippen LogP contribution is 2.29. The van der Waals surface area contributed by atoms with E-state index in [1.165, 1.54) is 11.1 Å². The molecule has 1 aromatic rings. The summed E-state index contributed by atoms with van der Waals surface area (Å²) in [5, 5.41) is 9.46. The van der Waals surface area contributed by atoms with Gasteiger partial charge in [0.25, 0.3) is 0 Å². The second kappa shape index (κ2) is 4.77. The lowest BCUT2D eigenvalue weighted by atomic mass is 9.78. The monoisotopic (exact) mass is 207 g/mol. The molecule has 3 N–H and O–H groups in total. The maximum Gasteiger partial charge on any atom is 0.0537 e. The first-order valence-electron chi connectivity index (χ1n) is 5.45. The van der Waals surface area contributed by atoms with Gasteiger partial charge in [-0.05, 0) is 17.0 Å². The summed E-state index contributed by atoms with van der Waals surface area (Å²) >= 11 is 0. The highest BCUT2D eigenvalue weighted by Gasteiger charge is 2.27. The molecule has 0 aliphatic heterocycles. The Morgan fingerprint density at radius 1 is 1.33 bits per heavy atom. The van der Waals surface area contributed by atoms with E-state index >= 15 is 0 Å². The Kier molecular flexibility index (Phi) is 3.89. The van der Waals surface area contributed by atoms with Gasteiger partial charge >= 0.3 is 0 Å². The number of aliphatic hydroxyl groups excluding tert-OH is 1. The van der Waals surface area contributed by atoms with Crippen molar-refractivity contribution in [3.63, 3.8) is 0 Å². The molecule has 0 aromatic heterocycles. The van der Waals surface area contributed by atoms with Crippen LogP contribution >= 0.6 is 0 Å². The molecule has 0 aliphatic carbocycles. The summed E-state index contributed by atoms with van der Waals surface area (Å²) in [5.41, 5.74) is 7.89. The van der Waals surface area contributed by atoms with Gasteiger partial charge < -0.3 is 10.8 Å². The topological polar surface area (TPSA) is 46.2 Å². The average Bonchev–Trinajstić information content (AvgIpc) is 2.28. The summed E-state index contributed by atoms with van der Waals surface area (Å²) in [5.74, 6) is 0.457. The predicted octanol–water partition coefficient (Wildman–Crippen LogP) is 2.02. The third-order valence-electron chi connectivity index (χ3n) is 3.03. The smallest absolute Gasteiger partial charge is 0.0537 e. The van der Waals surface area contributed by atoms with E-state index in [1.807, 2.05) is 19.1 Å². The Morgan fingerprint density at radius 3 is 2.40 bits per heavy atom. The van der Waals surface area contributed by atoms with Gasteiger partial charge in [0.1, 0.15) is 0 Å². The first kappa shape index (κ1) is 12.2. The second-order valence-corrected chi connectivity index (χ2v) is 4.66. The van der Waals surface area contributed by atoms with Gasteiger partial charge in [0.15, 0.2) is 0 Å². The van der Waals surface area contributed by atoms with Crippen molar-refractivity contribution >= 4 is 0 Å². The highest BCUT2D eigenvalue weighted by atomic mass is 16.3. The van der Waals surface area contributed by atoms with Crippen LogP contribution in [0.4, 0.5) is 0 Å². The molecule has 0 aliphatic rings. The predicted molar refractivity (Wildman–Crippen MR) is 64.0 cm³/mol. The van der Waals surface area contributed by atoms with Crippen LogP contribution in [0.15, 0.2) is 24.3 Å². The zero-order valence-electron chi connectivity index (χ0n) is 9.83. The summed E-state index contributed by atoms with van der Waals surface area (Å²) in [6.07, 6.45) is 0. The van der Waals surface area contributed by atoms with Crippen LogP contribution in [0.5, 0.6) is 0 Å². The number of aliphatic hydroxyl groups is 1. The third-order valence-corrected chi connectivity index (χ3v) is 3.03. The van der Waals surface area contributed by atoms with Gasteiger partial charge in [-0.1, -0.05) is 45.0 Å². The van der Waals surface area contributed by atoms with Crippen LogP contribution in [-0.4, -0.2) is 18.3 Å². The van der Waals surface area contributed by atoms with E-state index in [0.717, 1.165) is 0 Å². The number of benzene rings is 1. The fourth-order valence-corrected chi connectivity index (χ4v) is 1.81. The van der Waals surface area contributed by atoms with Crippen LogP contribution in [0.3, 0.4) is 0 Å². The molecule has 1 rings (SSSR count). The minimum Gasteiger partial charge on any atom is -0.395 e. The van der Waals surface area contributed by atoms with Crippen LogP contribution < -0.4 is 5.73 Å². The molecule has 2 heteroatoms. The van der Waals surface area contributed by atoms with Crippen LogP contribution in [0, 0.1) is 0 Å². The van der Waals surface area contributed by atoms with Gasteiger partial charge in [0.05, 0.1) is 6.61 Å². The first-order valence-corrected chi connectivity index (χ1v) is 5.45. The van der Waals surface area contributed by atoms with Crippen molar-refractivity contribution in [1.82, 2.24) is 0 Å². The van der Waals surface area contributed by atoms with Crippen molar-refractivity contribution in [2.24, 2.45) is 5.73 Å². The molecule has 1 unspecified atom stereocenters. The van der Waals surface area contributed by atoms with Gasteiger partial charge in [-0.2, -0.15) is 0 Å². The van der Waals surface area contributed by atoms with Gasteiger partial charge in [-0.15, -0.1) is 0 Å². The minimum atomic E-state index is -0.319. The summed E-state index contributed by atoms with van der Waals surface area (Å²) in [6, 6.07) is 8.22. The normalized spacial score (nSPS) is 15.3. The lowest BCUT2D eigenvalue weighted by Crippen LogP contribution is -2.36. The van der Waals surface area contributed by atoms with Crippen LogP contribution in [-0.2, 0) is 5.41 Å². The SMILES string of the molecule is CC(C)c1ccccc1C(C)(CN)CO. The van der Waals surface area contributed by atoms with Crippen molar-refractivity contribution in [2.75, 3.05) is 13.2 Å². The number of rotatable bonds is 4. The fraction of sp³-hybridized carbons (Fsp3) is 0.538. The molecule has 0 amide bonds. The van der Waals surface area contributed by atoms with Gasteiger partial charge in [-0.3, -0.25) is 0 Å². The molecule has 0 bridgehead atoms. The fourth-order valence-electron chi connectivity index (χ4n) is 1.81. The lowest BCUT2D eigenvalue weighted by molar-refractivity contribution is 0.209. The number of hydrogen-bond acceptors (Lipinski definition) is 2. The molecule has 0 radical (unpaired) electrons. The molecule has 0 heterocycles. The van der Waals surface area contributed by atoms with E-state index < -0.39 is 0 Å². The van der Waals surface area contributed by atoms with Gasteiger partial charge in [-0.25, -0.2) is 0 Å². The Balaban J connectivity index is 3.23. The standard InChI is InChI=1S/C13H21NO/c1-10(2)11-6-4-5-7-12(11)13(3,8-14)9-15/h4-7,10,15H,8-9,14H2,1-3H3. The Bertz CT molecular complexity index is 316. The maximum atomic E-state index is 9.46. The van der Waals surface area contributed by atoms with Crippen LogP contribution in [0.1, 0.15) is 37.8 Å². The quantitative estimate of drug-likeness (QED) is 0.793. The molecule has 0 saturated carbocycles. The molecule has 15 heavy (non-hydrogen) atoms. The van der Waals surface area contributed by atoms with Crippen molar-refractivity contribution in [1.29, 1.82) is 0 Å². The largest absolute Gasteiger partial charge is 0.395 e. The van der Waals surface area contributed by atoms with Crippen molar-refractivity contribution in [3.05, 3.63) is 35.4 Å². The zero-order valence-corrected chi connectivity index (χ0v) is 9.83. The number of nitrogens with two attached hydrogens (primary N) is 1. The van der Waals surface area contributed by atoms with E-state index in [4.69, 9.17) is 5.73 Å². The van der Waals surface area contributed by atoms with E-state index in [-0.39, 0.29) is 12.0 Å². The van der Waals surface area contributed by atoms with E-state index in [1.54, 1.807) is 0 Å². The zero-order chi connectivity index (χ0) is 11.5. The Morgan fingerprint density at radius 2 is 1.93 bits per heavy atom. The molecule has 2 nitrogen and oxygen atoms in total. The summed E-state index contributed by atoms with van der Waals surface area (Å²) in [7, 11) is 0. The molecule has 0 spiro atoms. The molecule has 1 aromatic carbocycles. The summed E-state index contributed by atoms with van der Waals surface area (Å²) < 4.78 is 0. The summed E-state index contributed by atoms with van der Waals surface area (Å²) in [4.78, 5) is 0. The number of hydrogen-bond donors (Lipinski definition) is 2. The highest BCUT2D eigenvalue weighted by molar-refractivity contribution is 5.36. The molecule has 0 saturated heterocycles. The van der Waals surface area contributed by atoms with Gasteiger partial charge in [0.2, 0.25) is 0 Å². The van der Waals surface area contributed by atoms with Gasteiger partial charge in [0, 0.05) is 12.0 Å². The molecule has 1 atom stereocenters. The molecule has 0 fully saturated rings. The Hall–Kier alpha value is -0.860. The molecular formula is C13H21NO. The maximum absolute atomic E-state index is 9.46. The van der Waals surface area contributed by atoms with E-state index in [9.17, 15) is 5.11 Å². The van der Waals surface area contributed by atoms with Crippen molar-refractivity contribution in [2.45, 2.75) is 32.1 Å². The first-order chi connectivity index (χ1) is 7.05. The van der Waals surface area contributed by atoms with E-state index in [2.05, 4.69) is 26.0 Å². The van der Waals surface area contributed by atoms with Crippen molar-refractivity contribution in [3.8, 4) is 0 Å². The lowest BCUT2D eigenvalue weighted by Gasteiger charge is -2.29. The average molecular weight is 207 g/mol. The minimum absolute atomic E-state index is 0.0905. The van der Waals surface area contributed by atoms with Crippen LogP contribution in [0.2, 0.25) is 0 Å².